The Kier molecular flexibility index (Phi) is 3.24. The van der Waals surface area contributed by atoms with Gasteiger partial charge in [0.05, 0.1) is 6.10 Å². The highest BCUT2D eigenvalue weighted by Gasteiger charge is 2.31. The lowest BCUT2D eigenvalue weighted by Crippen LogP contribution is -2.19. The van der Waals surface area contributed by atoms with E-state index in [4.69, 9.17) is 0 Å². The van der Waals surface area contributed by atoms with E-state index in [1.54, 1.807) is 6.07 Å². The molecule has 0 bridgehead atoms. The van der Waals surface area contributed by atoms with E-state index in [1.165, 1.54) is 12.3 Å². The first-order chi connectivity index (χ1) is 7.96. The molecule has 0 amide bonds. The lowest BCUT2D eigenvalue weighted by molar-refractivity contribution is -0.154. The van der Waals surface area contributed by atoms with Crippen LogP contribution in [0.5, 0.6) is 5.88 Å². The highest BCUT2D eigenvalue weighted by atomic mass is 19.4. The van der Waals surface area contributed by atoms with Crippen LogP contribution in [0.15, 0.2) is 18.3 Å². The molecule has 1 heterocycles. The van der Waals surface area contributed by atoms with E-state index in [2.05, 4.69) is 9.72 Å². The first-order valence-electron chi connectivity index (χ1n) is 5.29. The number of hydrogen-bond acceptors (Lipinski definition) is 3. The van der Waals surface area contributed by atoms with Gasteiger partial charge in [-0.05, 0) is 30.4 Å². The first-order valence-corrected chi connectivity index (χ1v) is 5.29. The van der Waals surface area contributed by atoms with Gasteiger partial charge in [0, 0.05) is 12.3 Å². The third kappa shape index (κ3) is 3.59. The van der Waals surface area contributed by atoms with Crippen molar-refractivity contribution in [2.24, 2.45) is 5.92 Å². The van der Waals surface area contributed by atoms with Gasteiger partial charge in [0.25, 0.3) is 0 Å². The first kappa shape index (κ1) is 12.2. The molecule has 6 heteroatoms. The maximum Gasteiger partial charge on any atom is 0.422 e. The van der Waals surface area contributed by atoms with Crippen molar-refractivity contribution < 1.29 is 23.0 Å². The molecule has 1 aliphatic carbocycles. The van der Waals surface area contributed by atoms with E-state index in [9.17, 15) is 18.3 Å². The number of aromatic nitrogens is 1. The fourth-order valence-corrected chi connectivity index (χ4v) is 1.49. The fourth-order valence-electron chi connectivity index (χ4n) is 1.49. The van der Waals surface area contributed by atoms with Crippen LogP contribution in [0.1, 0.15) is 24.5 Å². The molecular weight excluding hydrogens is 235 g/mol. The molecular formula is C11H12F3NO2. The Hall–Kier alpha value is -1.30. The molecule has 0 spiro atoms. The lowest BCUT2D eigenvalue weighted by Gasteiger charge is -2.11. The third-order valence-corrected chi connectivity index (χ3v) is 2.55. The zero-order chi connectivity index (χ0) is 12.5. The summed E-state index contributed by atoms with van der Waals surface area (Å²) in [5.41, 5.74) is 0.617. The quantitative estimate of drug-likeness (QED) is 0.888. The van der Waals surface area contributed by atoms with Crippen molar-refractivity contribution in [3.63, 3.8) is 0 Å². The van der Waals surface area contributed by atoms with Gasteiger partial charge in [0.2, 0.25) is 5.88 Å². The number of alkyl halides is 3. The Labute approximate surface area is 96.2 Å². The summed E-state index contributed by atoms with van der Waals surface area (Å²) in [6, 6.07) is 2.88. The van der Waals surface area contributed by atoms with Crippen LogP contribution < -0.4 is 4.74 Å². The van der Waals surface area contributed by atoms with Crippen molar-refractivity contribution in [2.75, 3.05) is 6.61 Å². The van der Waals surface area contributed by atoms with Gasteiger partial charge in [-0.25, -0.2) is 4.98 Å². The zero-order valence-electron chi connectivity index (χ0n) is 8.94. The second kappa shape index (κ2) is 4.52. The van der Waals surface area contributed by atoms with Gasteiger partial charge in [-0.3, -0.25) is 0 Å². The summed E-state index contributed by atoms with van der Waals surface area (Å²) in [6.45, 7) is -1.36. The number of pyridine rings is 1. The van der Waals surface area contributed by atoms with Crippen LogP contribution in [0.3, 0.4) is 0 Å². The molecule has 1 fully saturated rings. The van der Waals surface area contributed by atoms with Gasteiger partial charge in [-0.15, -0.1) is 0 Å². The molecule has 0 aliphatic heterocycles. The number of hydrogen-bond donors (Lipinski definition) is 1. The average molecular weight is 247 g/mol. The van der Waals surface area contributed by atoms with Crippen LogP contribution in [-0.4, -0.2) is 22.9 Å². The fraction of sp³-hybridized carbons (Fsp3) is 0.545. The van der Waals surface area contributed by atoms with E-state index >= 15 is 0 Å². The molecule has 94 valence electrons. The number of rotatable bonds is 4. The normalized spacial score (nSPS) is 17.9. The minimum atomic E-state index is -4.37. The van der Waals surface area contributed by atoms with Crippen LogP contribution >= 0.6 is 0 Å². The molecule has 1 aromatic rings. The minimum Gasteiger partial charge on any atom is -0.468 e. The van der Waals surface area contributed by atoms with Crippen molar-refractivity contribution in [3.8, 4) is 5.88 Å². The molecule has 0 saturated heterocycles. The van der Waals surface area contributed by atoms with Crippen molar-refractivity contribution in [1.82, 2.24) is 4.98 Å². The number of aliphatic hydroxyl groups is 1. The van der Waals surface area contributed by atoms with Crippen LogP contribution in [0.25, 0.3) is 0 Å². The van der Waals surface area contributed by atoms with Crippen molar-refractivity contribution >= 4 is 0 Å². The number of aliphatic hydroxyl groups excluding tert-OH is 1. The molecule has 3 nitrogen and oxygen atoms in total. The summed E-state index contributed by atoms with van der Waals surface area (Å²) in [6.07, 6.45) is -1.62. The van der Waals surface area contributed by atoms with Crippen molar-refractivity contribution in [3.05, 3.63) is 23.9 Å². The van der Waals surface area contributed by atoms with Crippen molar-refractivity contribution in [2.45, 2.75) is 25.1 Å². The van der Waals surface area contributed by atoms with E-state index < -0.39 is 18.9 Å². The second-order valence-corrected chi connectivity index (χ2v) is 4.12. The Balaban J connectivity index is 1.93. The van der Waals surface area contributed by atoms with E-state index in [0.717, 1.165) is 12.8 Å². The van der Waals surface area contributed by atoms with E-state index in [0.29, 0.717) is 5.56 Å². The molecule has 1 aromatic heterocycles. The molecule has 1 saturated carbocycles. The lowest BCUT2D eigenvalue weighted by atomic mass is 10.1. The molecule has 0 radical (unpaired) electrons. The summed E-state index contributed by atoms with van der Waals surface area (Å²) >= 11 is 0. The Morgan fingerprint density at radius 2 is 2.12 bits per heavy atom. The van der Waals surface area contributed by atoms with Gasteiger partial charge in [0.1, 0.15) is 0 Å². The topological polar surface area (TPSA) is 42.4 Å². The van der Waals surface area contributed by atoms with Crippen molar-refractivity contribution in [1.29, 1.82) is 0 Å². The van der Waals surface area contributed by atoms with Gasteiger partial charge in [-0.2, -0.15) is 13.2 Å². The van der Waals surface area contributed by atoms with Crippen LogP contribution in [-0.2, 0) is 0 Å². The summed E-state index contributed by atoms with van der Waals surface area (Å²) in [5, 5.41) is 9.75. The molecule has 1 unspecified atom stereocenters. The third-order valence-electron chi connectivity index (χ3n) is 2.55. The maximum absolute atomic E-state index is 11.9. The van der Waals surface area contributed by atoms with Crippen LogP contribution in [0.4, 0.5) is 13.2 Å². The zero-order valence-corrected chi connectivity index (χ0v) is 8.94. The van der Waals surface area contributed by atoms with Gasteiger partial charge >= 0.3 is 6.18 Å². The Morgan fingerprint density at radius 3 is 2.59 bits per heavy atom. The van der Waals surface area contributed by atoms with E-state index in [-0.39, 0.29) is 11.8 Å². The summed E-state index contributed by atoms with van der Waals surface area (Å²) in [7, 11) is 0. The smallest absolute Gasteiger partial charge is 0.422 e. The molecule has 1 atom stereocenters. The summed E-state index contributed by atoms with van der Waals surface area (Å²) < 4.78 is 40.1. The molecule has 2 rings (SSSR count). The standard InChI is InChI=1S/C11H12F3NO2/c12-11(13,14)6-17-9-4-3-8(5-15-9)10(16)7-1-2-7/h3-5,7,10,16H,1-2,6H2. The predicted molar refractivity (Wildman–Crippen MR) is 53.5 cm³/mol. The number of ether oxygens (including phenoxy) is 1. The minimum absolute atomic E-state index is 0.0888. The predicted octanol–water partition coefficient (Wildman–Crippen LogP) is 2.47. The Bertz CT molecular complexity index is 373. The highest BCUT2D eigenvalue weighted by Crippen LogP contribution is 2.40. The van der Waals surface area contributed by atoms with Gasteiger partial charge in [-0.1, -0.05) is 0 Å². The Morgan fingerprint density at radius 1 is 1.41 bits per heavy atom. The van der Waals surface area contributed by atoms with E-state index in [1.807, 2.05) is 0 Å². The highest BCUT2D eigenvalue weighted by molar-refractivity contribution is 5.21. The second-order valence-electron chi connectivity index (χ2n) is 4.12. The molecule has 1 N–H and O–H groups in total. The number of nitrogens with zero attached hydrogens (tertiary/aromatic N) is 1. The van der Waals surface area contributed by atoms with Crippen LogP contribution in [0, 0.1) is 5.92 Å². The monoisotopic (exact) mass is 247 g/mol. The van der Waals surface area contributed by atoms with Gasteiger partial charge in [0.15, 0.2) is 6.61 Å². The number of halogens is 3. The van der Waals surface area contributed by atoms with Gasteiger partial charge < -0.3 is 9.84 Å². The summed E-state index contributed by atoms with van der Waals surface area (Å²) in [4.78, 5) is 3.73. The van der Waals surface area contributed by atoms with Crippen LogP contribution in [0.2, 0.25) is 0 Å². The maximum atomic E-state index is 11.9. The summed E-state index contributed by atoms with van der Waals surface area (Å²) in [5.74, 6) is 0.174. The molecule has 1 aliphatic rings. The average Bonchev–Trinajstić information content (AvgIpc) is 3.09. The largest absolute Gasteiger partial charge is 0.468 e. The SMILES string of the molecule is OC(c1ccc(OCC(F)(F)F)nc1)C1CC1. The molecule has 17 heavy (non-hydrogen) atoms. The molecule has 0 aromatic carbocycles.